The quantitative estimate of drug-likeness (QED) is 0.259. The van der Waals surface area contributed by atoms with Crippen molar-refractivity contribution in [1.29, 1.82) is 0 Å². The molecule has 38 heavy (non-hydrogen) atoms. The third kappa shape index (κ3) is 5.28. The molecule has 0 unspecified atom stereocenters. The minimum atomic E-state index is -0.0783. The van der Waals surface area contributed by atoms with Crippen molar-refractivity contribution in [2.75, 3.05) is 0 Å². The first-order valence-electron chi connectivity index (χ1n) is 13.4. The van der Waals surface area contributed by atoms with Crippen molar-refractivity contribution in [3.8, 4) is 5.69 Å². The maximum atomic E-state index is 13.5. The highest BCUT2D eigenvalue weighted by Gasteiger charge is 2.33. The number of amides is 1. The first-order valence-corrected chi connectivity index (χ1v) is 14.2. The molecule has 6 heteroatoms. The molecule has 1 aliphatic rings. The van der Waals surface area contributed by atoms with Crippen molar-refractivity contribution in [3.63, 3.8) is 0 Å². The number of furan rings is 1. The Bertz CT molecular complexity index is 1460. The monoisotopic (exact) mass is 527 g/mol. The molecule has 1 aliphatic carbocycles. The molecule has 0 saturated carbocycles. The van der Waals surface area contributed by atoms with Crippen LogP contribution < -0.4 is 5.32 Å². The minimum absolute atomic E-state index is 0.0783. The second-order valence-electron chi connectivity index (χ2n) is 11.5. The van der Waals surface area contributed by atoms with Gasteiger partial charge in [-0.05, 0) is 87.3 Å². The fraction of sp³-hybridized carbons (Fsp3) is 0.375. The summed E-state index contributed by atoms with van der Waals surface area (Å²) in [4.78, 5) is 19.8. The van der Waals surface area contributed by atoms with E-state index in [0.29, 0.717) is 12.5 Å². The average molecular weight is 528 g/mol. The molecule has 1 amide bonds. The van der Waals surface area contributed by atoms with E-state index in [1.54, 1.807) is 17.6 Å². The molecule has 5 rings (SSSR count). The van der Waals surface area contributed by atoms with Crippen LogP contribution in [-0.4, -0.2) is 16.7 Å². The van der Waals surface area contributed by atoms with E-state index in [1.807, 2.05) is 18.3 Å². The number of thiophene rings is 1. The van der Waals surface area contributed by atoms with E-state index in [0.717, 1.165) is 58.2 Å². The number of aryl methyl sites for hydroxylation is 2. The smallest absolute Gasteiger partial charge is 0.255 e. The number of benzene rings is 1. The molecule has 0 spiro atoms. The summed E-state index contributed by atoms with van der Waals surface area (Å²) in [6.45, 7) is 13.7. The van der Waals surface area contributed by atoms with E-state index in [1.165, 1.54) is 16.0 Å². The molecular weight excluding hydrogens is 490 g/mol. The Morgan fingerprint density at radius 1 is 1.18 bits per heavy atom. The Morgan fingerprint density at radius 2 is 1.95 bits per heavy atom. The largest absolute Gasteiger partial charge is 0.467 e. The van der Waals surface area contributed by atoms with Gasteiger partial charge in [-0.2, -0.15) is 0 Å². The van der Waals surface area contributed by atoms with Gasteiger partial charge >= 0.3 is 0 Å². The summed E-state index contributed by atoms with van der Waals surface area (Å²) in [6, 6.07) is 14.4. The molecule has 0 radical (unpaired) electrons. The number of aliphatic imine (C=N–C) groups is 1. The Balaban J connectivity index is 1.48. The van der Waals surface area contributed by atoms with Crippen LogP contribution in [0.15, 0.2) is 58.1 Å². The molecule has 1 N–H and O–H groups in total. The molecule has 0 bridgehead atoms. The molecule has 0 aliphatic heterocycles. The highest BCUT2D eigenvalue weighted by molar-refractivity contribution is 7.16. The van der Waals surface area contributed by atoms with Gasteiger partial charge in [0, 0.05) is 33.7 Å². The summed E-state index contributed by atoms with van der Waals surface area (Å²) >= 11 is 1.68. The van der Waals surface area contributed by atoms with Gasteiger partial charge in [-0.1, -0.05) is 38.5 Å². The second kappa shape index (κ2) is 10.4. The van der Waals surface area contributed by atoms with Gasteiger partial charge in [-0.3, -0.25) is 4.79 Å². The molecule has 4 aromatic rings. The normalized spacial score (nSPS) is 15.7. The summed E-state index contributed by atoms with van der Waals surface area (Å²) in [5.41, 5.74) is 7.87. The lowest BCUT2D eigenvalue weighted by molar-refractivity contribution is 0.0947. The summed E-state index contributed by atoms with van der Waals surface area (Å²) in [5.74, 6) is 1.26. The summed E-state index contributed by atoms with van der Waals surface area (Å²) in [6.07, 6.45) is 6.55. The van der Waals surface area contributed by atoms with Gasteiger partial charge in [0.15, 0.2) is 0 Å². The van der Waals surface area contributed by atoms with Crippen LogP contribution in [0.4, 0.5) is 5.00 Å². The third-order valence-electron chi connectivity index (χ3n) is 7.79. The lowest BCUT2D eigenvalue weighted by Gasteiger charge is -2.33. The van der Waals surface area contributed by atoms with E-state index in [4.69, 9.17) is 9.41 Å². The van der Waals surface area contributed by atoms with Gasteiger partial charge in [0.25, 0.3) is 5.91 Å². The summed E-state index contributed by atoms with van der Waals surface area (Å²) < 4.78 is 7.68. The molecule has 3 heterocycles. The number of aromatic nitrogens is 1. The van der Waals surface area contributed by atoms with E-state index < -0.39 is 0 Å². The number of nitrogens with zero attached hydrogens (tertiary/aromatic N) is 2. The van der Waals surface area contributed by atoms with Gasteiger partial charge in [0.1, 0.15) is 10.8 Å². The van der Waals surface area contributed by atoms with Crippen LogP contribution in [0.25, 0.3) is 5.69 Å². The highest BCUT2D eigenvalue weighted by atomic mass is 32.1. The lowest BCUT2D eigenvalue weighted by atomic mass is 9.72. The van der Waals surface area contributed by atoms with Crippen LogP contribution in [0.5, 0.6) is 0 Å². The topological polar surface area (TPSA) is 59.5 Å². The van der Waals surface area contributed by atoms with E-state index >= 15 is 0 Å². The fourth-order valence-electron chi connectivity index (χ4n) is 5.44. The Labute approximate surface area is 229 Å². The zero-order valence-corrected chi connectivity index (χ0v) is 24.0. The molecule has 3 aromatic heterocycles. The first kappa shape index (κ1) is 26.2. The average Bonchev–Trinajstić information content (AvgIpc) is 3.59. The van der Waals surface area contributed by atoms with Crippen molar-refractivity contribution in [2.45, 2.75) is 67.3 Å². The van der Waals surface area contributed by atoms with Crippen molar-refractivity contribution < 1.29 is 9.21 Å². The fourth-order valence-corrected chi connectivity index (χ4v) is 6.71. The maximum Gasteiger partial charge on any atom is 0.255 e. The first-order chi connectivity index (χ1) is 18.1. The van der Waals surface area contributed by atoms with E-state index in [-0.39, 0.29) is 11.3 Å². The van der Waals surface area contributed by atoms with Crippen LogP contribution in [0, 0.1) is 32.1 Å². The molecule has 1 atom stereocenters. The predicted octanol–water partition coefficient (Wildman–Crippen LogP) is 7.89. The molecule has 0 fully saturated rings. The molecule has 5 nitrogen and oxygen atoms in total. The van der Waals surface area contributed by atoms with Gasteiger partial charge in [-0.25, -0.2) is 4.99 Å². The Hall–Kier alpha value is -3.38. The third-order valence-corrected chi connectivity index (χ3v) is 8.95. The lowest BCUT2D eigenvalue weighted by Crippen LogP contribution is -2.28. The number of nitrogens with one attached hydrogen (secondary N) is 1. The van der Waals surface area contributed by atoms with Crippen molar-refractivity contribution in [2.24, 2.45) is 16.3 Å². The van der Waals surface area contributed by atoms with Gasteiger partial charge < -0.3 is 14.3 Å². The molecule has 198 valence electrons. The van der Waals surface area contributed by atoms with Gasteiger partial charge in [0.2, 0.25) is 0 Å². The van der Waals surface area contributed by atoms with E-state index in [9.17, 15) is 4.79 Å². The molecule has 0 saturated heterocycles. The highest BCUT2D eigenvalue weighted by Crippen LogP contribution is 2.45. The second-order valence-corrected chi connectivity index (χ2v) is 12.6. The number of rotatable bonds is 6. The summed E-state index contributed by atoms with van der Waals surface area (Å²) in [5, 5.41) is 3.86. The van der Waals surface area contributed by atoms with Gasteiger partial charge in [-0.15, -0.1) is 11.3 Å². The zero-order chi connectivity index (χ0) is 27.0. The van der Waals surface area contributed by atoms with Crippen molar-refractivity contribution in [3.05, 3.63) is 93.0 Å². The van der Waals surface area contributed by atoms with E-state index in [2.05, 4.69) is 81.8 Å². The van der Waals surface area contributed by atoms with Crippen LogP contribution >= 0.6 is 11.3 Å². The van der Waals surface area contributed by atoms with Crippen LogP contribution in [0.2, 0.25) is 0 Å². The van der Waals surface area contributed by atoms with Crippen LogP contribution in [0.3, 0.4) is 0 Å². The number of fused-ring (bicyclic) bond motifs is 1. The Morgan fingerprint density at radius 3 is 2.63 bits per heavy atom. The number of carbonyl (C=O) groups is 1. The molecule has 1 aromatic carbocycles. The number of carbonyl (C=O) groups excluding carboxylic acids is 1. The van der Waals surface area contributed by atoms with Crippen LogP contribution in [0.1, 0.15) is 76.3 Å². The summed E-state index contributed by atoms with van der Waals surface area (Å²) in [7, 11) is 0. The van der Waals surface area contributed by atoms with Crippen LogP contribution in [-0.2, 0) is 19.4 Å². The zero-order valence-electron chi connectivity index (χ0n) is 23.2. The van der Waals surface area contributed by atoms with Crippen molar-refractivity contribution in [1.82, 2.24) is 9.88 Å². The van der Waals surface area contributed by atoms with Gasteiger partial charge in [0.05, 0.1) is 18.4 Å². The van der Waals surface area contributed by atoms with Crippen molar-refractivity contribution >= 4 is 28.5 Å². The Kier molecular flexibility index (Phi) is 7.19. The number of hydrogen-bond donors (Lipinski definition) is 1. The number of hydrogen-bond acceptors (Lipinski definition) is 4. The maximum absolute atomic E-state index is 13.5. The SMILES string of the molecule is Cc1ccc(-n2c(C)cc(C=Nc3sc4c(c3C(=O)NCc3ccco3)CC[C@@H](C(C)(C)C)C4)c2C)cc1. The predicted molar refractivity (Wildman–Crippen MR) is 156 cm³/mol. The minimum Gasteiger partial charge on any atom is -0.467 e. The molecular formula is C32H37N3O2S. The standard InChI is InChI=1S/C32H37N3O2S/c1-20-9-12-25(13-10-20)35-21(2)16-23(22(35)3)18-34-31-29(30(36)33-19-26-8-7-15-37-26)27-14-11-24(32(4,5)6)17-28(27)38-31/h7-10,12-13,15-16,18,24H,11,14,17,19H2,1-6H3,(H,33,36)/t24-/m1/s1.